The van der Waals surface area contributed by atoms with Gasteiger partial charge in [0, 0.05) is 38.9 Å². The molecule has 2 aliphatic heterocycles. The Hall–Kier alpha value is -0.120. The molecule has 0 aromatic rings. The van der Waals surface area contributed by atoms with Gasteiger partial charge in [0.25, 0.3) is 0 Å². The minimum atomic E-state index is 0.783. The van der Waals surface area contributed by atoms with Crippen LogP contribution in [0.15, 0.2) is 0 Å². The monoisotopic (exact) mass is 212 g/mol. The summed E-state index contributed by atoms with van der Waals surface area (Å²) in [4.78, 5) is 2.60. The van der Waals surface area contributed by atoms with Gasteiger partial charge in [-0.2, -0.15) is 0 Å². The molecule has 88 valence electrons. The van der Waals surface area contributed by atoms with Gasteiger partial charge in [0.15, 0.2) is 0 Å². The Labute approximate surface area is 93.2 Å². The maximum atomic E-state index is 5.37. The molecule has 0 spiro atoms. The van der Waals surface area contributed by atoms with Crippen LogP contribution < -0.4 is 5.32 Å². The highest BCUT2D eigenvalue weighted by atomic mass is 16.5. The fourth-order valence-electron chi connectivity index (χ4n) is 2.85. The summed E-state index contributed by atoms with van der Waals surface area (Å²) < 4.78 is 5.37. The van der Waals surface area contributed by atoms with Gasteiger partial charge in [-0.3, -0.25) is 0 Å². The Morgan fingerprint density at radius 3 is 3.13 bits per heavy atom. The van der Waals surface area contributed by atoms with Crippen molar-refractivity contribution in [3.63, 3.8) is 0 Å². The van der Waals surface area contributed by atoms with E-state index in [0.717, 1.165) is 25.2 Å². The number of rotatable bonds is 5. The predicted octanol–water partition coefficient (Wildman–Crippen LogP) is 1.10. The summed E-state index contributed by atoms with van der Waals surface area (Å²) in [5, 5.41) is 3.64. The van der Waals surface area contributed by atoms with Gasteiger partial charge in [0.2, 0.25) is 0 Å². The van der Waals surface area contributed by atoms with E-state index in [4.69, 9.17) is 4.74 Å². The first-order valence-electron chi connectivity index (χ1n) is 6.43. The summed E-state index contributed by atoms with van der Waals surface area (Å²) in [6, 6.07) is 0.783. The number of nitrogens with one attached hydrogen (secondary N) is 1. The third-order valence-corrected chi connectivity index (χ3v) is 3.64. The lowest BCUT2D eigenvalue weighted by Gasteiger charge is -2.24. The van der Waals surface area contributed by atoms with Crippen molar-refractivity contribution in [3.05, 3.63) is 0 Å². The fraction of sp³-hybridized carbons (Fsp3) is 1.00. The van der Waals surface area contributed by atoms with Crippen LogP contribution in [0.5, 0.6) is 0 Å². The van der Waals surface area contributed by atoms with Crippen LogP contribution in [0.25, 0.3) is 0 Å². The van der Waals surface area contributed by atoms with Crippen LogP contribution >= 0.6 is 0 Å². The molecule has 0 amide bonds. The number of fused-ring (bicyclic) bond motifs is 1. The van der Waals surface area contributed by atoms with E-state index in [0.29, 0.717) is 0 Å². The zero-order chi connectivity index (χ0) is 10.5. The van der Waals surface area contributed by atoms with Crippen LogP contribution in [0.3, 0.4) is 0 Å². The molecule has 2 aliphatic rings. The molecule has 0 aromatic heterocycles. The van der Waals surface area contributed by atoms with Crippen LogP contribution in [-0.2, 0) is 4.74 Å². The molecule has 15 heavy (non-hydrogen) atoms. The number of piperidine rings is 1. The molecule has 0 saturated carbocycles. The predicted molar refractivity (Wildman–Crippen MR) is 62.1 cm³/mol. The summed E-state index contributed by atoms with van der Waals surface area (Å²) in [5.41, 5.74) is 0. The normalized spacial score (nSPS) is 31.8. The zero-order valence-corrected chi connectivity index (χ0v) is 9.87. The van der Waals surface area contributed by atoms with Gasteiger partial charge in [-0.25, -0.2) is 0 Å². The lowest BCUT2D eigenvalue weighted by atomic mass is 9.94. The standard InChI is InChI=1S/C12H24N2O/c1-2-15-8-4-7-14-9-11-5-3-6-13-12(11)10-14/h11-13H,2-10H2,1H3/t11-,12+/m0/s1. The number of nitrogens with zero attached hydrogens (tertiary/aromatic N) is 1. The minimum Gasteiger partial charge on any atom is -0.382 e. The highest BCUT2D eigenvalue weighted by Crippen LogP contribution is 2.24. The highest BCUT2D eigenvalue weighted by molar-refractivity contribution is 4.91. The van der Waals surface area contributed by atoms with Gasteiger partial charge in [0.1, 0.15) is 0 Å². The molecule has 0 unspecified atom stereocenters. The second-order valence-corrected chi connectivity index (χ2v) is 4.77. The Kier molecular flexibility index (Phi) is 4.42. The fourth-order valence-corrected chi connectivity index (χ4v) is 2.85. The summed E-state index contributed by atoms with van der Waals surface area (Å²) in [5.74, 6) is 0.922. The minimum absolute atomic E-state index is 0.783. The molecule has 2 saturated heterocycles. The Morgan fingerprint density at radius 2 is 2.33 bits per heavy atom. The molecule has 1 N–H and O–H groups in total. The first-order chi connectivity index (χ1) is 7.40. The van der Waals surface area contributed by atoms with E-state index in [1.807, 2.05) is 0 Å². The summed E-state index contributed by atoms with van der Waals surface area (Å²) in [6.45, 7) is 8.86. The maximum Gasteiger partial charge on any atom is 0.0478 e. The van der Waals surface area contributed by atoms with Crippen molar-refractivity contribution >= 4 is 0 Å². The van der Waals surface area contributed by atoms with Gasteiger partial charge in [-0.05, 0) is 38.6 Å². The molecule has 0 aliphatic carbocycles. The third kappa shape index (κ3) is 3.16. The van der Waals surface area contributed by atoms with Crippen molar-refractivity contribution in [2.24, 2.45) is 5.92 Å². The highest BCUT2D eigenvalue weighted by Gasteiger charge is 2.33. The maximum absolute atomic E-state index is 5.37. The first-order valence-corrected chi connectivity index (χ1v) is 6.43. The molecule has 2 heterocycles. The molecule has 0 bridgehead atoms. The van der Waals surface area contributed by atoms with Gasteiger partial charge in [-0.15, -0.1) is 0 Å². The molecule has 0 aromatic carbocycles. The summed E-state index contributed by atoms with van der Waals surface area (Å²) in [7, 11) is 0. The summed E-state index contributed by atoms with van der Waals surface area (Å²) in [6.07, 6.45) is 3.99. The lowest BCUT2D eigenvalue weighted by molar-refractivity contribution is 0.135. The van der Waals surface area contributed by atoms with E-state index in [9.17, 15) is 0 Å². The van der Waals surface area contributed by atoms with Crippen LogP contribution in [-0.4, -0.2) is 50.3 Å². The number of hydrogen-bond acceptors (Lipinski definition) is 3. The molecule has 0 radical (unpaired) electrons. The van der Waals surface area contributed by atoms with E-state index in [2.05, 4.69) is 17.1 Å². The summed E-state index contributed by atoms with van der Waals surface area (Å²) >= 11 is 0. The van der Waals surface area contributed by atoms with Crippen LogP contribution in [0.2, 0.25) is 0 Å². The van der Waals surface area contributed by atoms with E-state index < -0.39 is 0 Å². The second kappa shape index (κ2) is 5.83. The van der Waals surface area contributed by atoms with E-state index in [1.165, 1.54) is 45.4 Å². The Balaban J connectivity index is 1.63. The van der Waals surface area contributed by atoms with Crippen molar-refractivity contribution < 1.29 is 4.74 Å². The van der Waals surface area contributed by atoms with Crippen molar-refractivity contribution in [2.75, 3.05) is 39.4 Å². The van der Waals surface area contributed by atoms with Crippen LogP contribution in [0.1, 0.15) is 26.2 Å². The molecule has 2 atom stereocenters. The van der Waals surface area contributed by atoms with Gasteiger partial charge in [-0.1, -0.05) is 0 Å². The van der Waals surface area contributed by atoms with Crippen molar-refractivity contribution in [2.45, 2.75) is 32.2 Å². The number of likely N-dealkylation sites (tertiary alicyclic amines) is 1. The largest absolute Gasteiger partial charge is 0.382 e. The molecule has 2 fully saturated rings. The lowest BCUT2D eigenvalue weighted by Crippen LogP contribution is -2.40. The van der Waals surface area contributed by atoms with Crippen molar-refractivity contribution in [1.82, 2.24) is 10.2 Å². The molecule has 3 nitrogen and oxygen atoms in total. The van der Waals surface area contributed by atoms with Gasteiger partial charge in [0.05, 0.1) is 0 Å². The van der Waals surface area contributed by atoms with Crippen molar-refractivity contribution in [1.29, 1.82) is 0 Å². The third-order valence-electron chi connectivity index (χ3n) is 3.64. The van der Waals surface area contributed by atoms with Crippen LogP contribution in [0.4, 0.5) is 0 Å². The SMILES string of the molecule is CCOCCCN1C[C@@H]2CCCN[C@@H]2C1. The topological polar surface area (TPSA) is 24.5 Å². The first kappa shape index (κ1) is 11.4. The smallest absolute Gasteiger partial charge is 0.0478 e. The average Bonchev–Trinajstić information content (AvgIpc) is 2.67. The van der Waals surface area contributed by atoms with E-state index in [-0.39, 0.29) is 0 Å². The van der Waals surface area contributed by atoms with E-state index >= 15 is 0 Å². The zero-order valence-electron chi connectivity index (χ0n) is 9.87. The quantitative estimate of drug-likeness (QED) is 0.691. The number of ether oxygens (including phenoxy) is 1. The molecular formula is C12H24N2O. The van der Waals surface area contributed by atoms with Gasteiger partial charge < -0.3 is 15.0 Å². The van der Waals surface area contributed by atoms with E-state index in [1.54, 1.807) is 0 Å². The number of hydrogen-bond donors (Lipinski definition) is 1. The average molecular weight is 212 g/mol. The van der Waals surface area contributed by atoms with Gasteiger partial charge >= 0.3 is 0 Å². The van der Waals surface area contributed by atoms with Crippen LogP contribution in [0, 0.1) is 5.92 Å². The Bertz CT molecular complexity index is 172. The molecule has 2 rings (SSSR count). The molecule has 3 heteroatoms. The Morgan fingerprint density at radius 1 is 1.40 bits per heavy atom. The van der Waals surface area contributed by atoms with Crippen molar-refractivity contribution in [3.8, 4) is 0 Å². The second-order valence-electron chi connectivity index (χ2n) is 4.77. The molecular weight excluding hydrogens is 188 g/mol.